The maximum Gasteiger partial charge on any atom is 0.416 e. The predicted molar refractivity (Wildman–Crippen MR) is 141 cm³/mol. The first kappa shape index (κ1) is 27.3. The molecule has 0 atom stereocenters. The second-order valence-electron chi connectivity index (χ2n) is 9.31. The summed E-state index contributed by atoms with van der Waals surface area (Å²) >= 11 is 0. The minimum atomic E-state index is -4.35. The van der Waals surface area contributed by atoms with Crippen molar-refractivity contribution in [2.75, 3.05) is 33.3 Å². The number of carbonyl (C=O) groups is 1. The first-order valence-corrected chi connectivity index (χ1v) is 12.4. The van der Waals surface area contributed by atoms with Crippen molar-refractivity contribution in [1.82, 2.24) is 9.80 Å². The Hall–Kier alpha value is -3.78. The third-order valence-corrected chi connectivity index (χ3v) is 6.48. The highest BCUT2D eigenvalue weighted by atomic mass is 19.4. The van der Waals surface area contributed by atoms with E-state index in [2.05, 4.69) is 4.90 Å². The number of benzene rings is 3. The normalized spacial score (nSPS) is 14.6. The zero-order valence-corrected chi connectivity index (χ0v) is 21.5. The summed E-state index contributed by atoms with van der Waals surface area (Å²) in [5, 5.41) is 0. The number of hydrogen-bond acceptors (Lipinski definition) is 4. The number of carbonyl (C=O) groups excluding carboxylic acids is 1. The van der Waals surface area contributed by atoms with E-state index in [0.29, 0.717) is 50.6 Å². The van der Waals surface area contributed by atoms with Crippen molar-refractivity contribution in [2.45, 2.75) is 26.3 Å². The number of amides is 1. The Morgan fingerprint density at radius 2 is 1.71 bits per heavy atom. The lowest BCUT2D eigenvalue weighted by Crippen LogP contribution is -2.47. The number of methoxy groups -OCH3 is 1. The number of hydrogen-bond donors (Lipinski definition) is 0. The lowest BCUT2D eigenvalue weighted by Gasteiger charge is -2.34. The van der Waals surface area contributed by atoms with Crippen LogP contribution in [0.5, 0.6) is 11.5 Å². The predicted octanol–water partition coefficient (Wildman–Crippen LogP) is 5.96. The van der Waals surface area contributed by atoms with Crippen LogP contribution in [0.25, 0.3) is 6.08 Å². The fraction of sp³-hybridized carbons (Fsp3) is 0.300. The molecule has 8 heteroatoms. The lowest BCUT2D eigenvalue weighted by molar-refractivity contribution is -0.137. The summed E-state index contributed by atoms with van der Waals surface area (Å²) in [6, 6.07) is 18.9. The third kappa shape index (κ3) is 7.38. The van der Waals surface area contributed by atoms with Crippen LogP contribution in [0, 0.1) is 6.92 Å². The van der Waals surface area contributed by atoms with Gasteiger partial charge in [-0.2, -0.15) is 13.2 Å². The van der Waals surface area contributed by atoms with Crippen LogP contribution in [0.4, 0.5) is 13.2 Å². The van der Waals surface area contributed by atoms with Gasteiger partial charge in [-0.25, -0.2) is 0 Å². The average molecular weight is 525 g/mol. The van der Waals surface area contributed by atoms with E-state index in [4.69, 9.17) is 9.47 Å². The molecule has 1 aliphatic rings. The SMILES string of the molecule is COc1ccc(/C=C/C(=O)N2CCN(Cc3cccc(C(F)(F)F)c3)CC2)cc1COc1ccc(C)cc1. The van der Waals surface area contributed by atoms with Gasteiger partial charge in [-0.3, -0.25) is 9.69 Å². The average Bonchev–Trinajstić information content (AvgIpc) is 2.91. The first-order chi connectivity index (χ1) is 18.2. The molecule has 1 fully saturated rings. The van der Waals surface area contributed by atoms with Crippen LogP contribution in [0.2, 0.25) is 0 Å². The number of aryl methyl sites for hydroxylation is 1. The van der Waals surface area contributed by atoms with Gasteiger partial charge in [0.15, 0.2) is 0 Å². The van der Waals surface area contributed by atoms with Crippen LogP contribution >= 0.6 is 0 Å². The number of alkyl halides is 3. The number of ether oxygens (including phenoxy) is 2. The highest BCUT2D eigenvalue weighted by Gasteiger charge is 2.30. The molecule has 0 aromatic heterocycles. The first-order valence-electron chi connectivity index (χ1n) is 12.4. The van der Waals surface area contributed by atoms with Crippen LogP contribution in [0.15, 0.2) is 72.8 Å². The quantitative estimate of drug-likeness (QED) is 0.341. The Balaban J connectivity index is 1.31. The summed E-state index contributed by atoms with van der Waals surface area (Å²) in [7, 11) is 1.61. The minimum absolute atomic E-state index is 0.100. The van der Waals surface area contributed by atoms with Crippen molar-refractivity contribution < 1.29 is 27.4 Å². The number of nitrogens with zero attached hydrogens (tertiary/aromatic N) is 2. The molecular formula is C30H31F3N2O3. The zero-order valence-electron chi connectivity index (χ0n) is 21.5. The summed E-state index contributed by atoms with van der Waals surface area (Å²) in [5.41, 5.74) is 2.85. The molecular weight excluding hydrogens is 493 g/mol. The van der Waals surface area contributed by atoms with Crippen molar-refractivity contribution in [1.29, 1.82) is 0 Å². The highest BCUT2D eigenvalue weighted by molar-refractivity contribution is 5.91. The van der Waals surface area contributed by atoms with Crippen molar-refractivity contribution in [3.63, 3.8) is 0 Å². The van der Waals surface area contributed by atoms with Crippen LogP contribution in [0.3, 0.4) is 0 Å². The molecule has 1 saturated heterocycles. The molecule has 0 bridgehead atoms. The molecule has 4 rings (SSSR count). The van der Waals surface area contributed by atoms with Gasteiger partial charge in [0.25, 0.3) is 0 Å². The van der Waals surface area contributed by atoms with Crippen molar-refractivity contribution in [3.8, 4) is 11.5 Å². The number of halogens is 3. The summed E-state index contributed by atoms with van der Waals surface area (Å²) in [6.07, 6.45) is -1.03. The van der Waals surface area contributed by atoms with Gasteiger partial charge in [0.05, 0.1) is 12.7 Å². The molecule has 0 aliphatic carbocycles. The van der Waals surface area contributed by atoms with Crippen LogP contribution < -0.4 is 9.47 Å². The van der Waals surface area contributed by atoms with E-state index >= 15 is 0 Å². The van der Waals surface area contributed by atoms with Crippen LogP contribution in [-0.2, 0) is 24.1 Å². The lowest BCUT2D eigenvalue weighted by atomic mass is 10.1. The van der Waals surface area contributed by atoms with Gasteiger partial charge in [-0.05, 0) is 54.5 Å². The summed E-state index contributed by atoms with van der Waals surface area (Å²) < 4.78 is 50.3. The summed E-state index contributed by atoms with van der Waals surface area (Å²) in [5.74, 6) is 1.37. The zero-order chi connectivity index (χ0) is 27.1. The van der Waals surface area contributed by atoms with Crippen molar-refractivity contribution in [2.24, 2.45) is 0 Å². The maximum absolute atomic E-state index is 13.0. The van der Waals surface area contributed by atoms with E-state index < -0.39 is 11.7 Å². The van der Waals surface area contributed by atoms with Gasteiger partial charge in [0, 0.05) is 44.4 Å². The molecule has 0 spiro atoms. The van der Waals surface area contributed by atoms with E-state index in [9.17, 15) is 18.0 Å². The molecule has 0 unspecified atom stereocenters. The molecule has 1 aliphatic heterocycles. The number of rotatable bonds is 8. The largest absolute Gasteiger partial charge is 0.496 e. The summed E-state index contributed by atoms with van der Waals surface area (Å²) in [4.78, 5) is 16.6. The molecule has 38 heavy (non-hydrogen) atoms. The Labute approximate surface area is 221 Å². The van der Waals surface area contributed by atoms with E-state index in [1.165, 1.54) is 12.1 Å². The smallest absolute Gasteiger partial charge is 0.416 e. The van der Waals surface area contributed by atoms with Crippen LogP contribution in [0.1, 0.15) is 27.8 Å². The van der Waals surface area contributed by atoms with Gasteiger partial charge < -0.3 is 14.4 Å². The molecule has 3 aromatic rings. The fourth-order valence-electron chi connectivity index (χ4n) is 4.31. The minimum Gasteiger partial charge on any atom is -0.496 e. The van der Waals surface area contributed by atoms with E-state index in [1.54, 1.807) is 30.2 Å². The molecule has 0 N–H and O–H groups in total. The Morgan fingerprint density at radius 1 is 0.974 bits per heavy atom. The topological polar surface area (TPSA) is 42.0 Å². The Morgan fingerprint density at radius 3 is 2.39 bits per heavy atom. The molecule has 1 amide bonds. The van der Waals surface area contributed by atoms with E-state index in [-0.39, 0.29) is 5.91 Å². The fourth-order valence-corrected chi connectivity index (χ4v) is 4.31. The van der Waals surface area contributed by atoms with E-state index in [0.717, 1.165) is 28.5 Å². The second kappa shape index (κ2) is 12.2. The maximum atomic E-state index is 13.0. The van der Waals surface area contributed by atoms with Gasteiger partial charge in [-0.15, -0.1) is 0 Å². The number of piperazine rings is 1. The molecule has 0 saturated carbocycles. The molecule has 1 heterocycles. The van der Waals surface area contributed by atoms with E-state index in [1.807, 2.05) is 49.4 Å². The van der Waals surface area contributed by atoms with Crippen molar-refractivity contribution >= 4 is 12.0 Å². The summed E-state index contributed by atoms with van der Waals surface area (Å²) in [6.45, 7) is 4.99. The van der Waals surface area contributed by atoms with Gasteiger partial charge in [0.1, 0.15) is 18.1 Å². The molecule has 0 radical (unpaired) electrons. The van der Waals surface area contributed by atoms with Crippen molar-refractivity contribution in [3.05, 3.63) is 101 Å². The van der Waals surface area contributed by atoms with Crippen LogP contribution in [-0.4, -0.2) is 49.0 Å². The standard InChI is InChI=1S/C30H31F3N2O3/c1-22-6-10-27(11-7-22)38-21-25-18-23(8-12-28(25)37-2)9-13-29(36)35-16-14-34(15-17-35)20-24-4-3-5-26(19-24)30(31,32)33/h3-13,18-19H,14-17,20-21H2,1-2H3/b13-9+. The van der Waals surface area contributed by atoms with Gasteiger partial charge in [0.2, 0.25) is 5.91 Å². The van der Waals surface area contributed by atoms with Gasteiger partial charge >= 0.3 is 6.18 Å². The second-order valence-corrected chi connectivity index (χ2v) is 9.31. The Kier molecular flexibility index (Phi) is 8.73. The molecule has 200 valence electrons. The molecule has 3 aromatic carbocycles. The molecule has 5 nitrogen and oxygen atoms in total. The monoisotopic (exact) mass is 524 g/mol. The Bertz CT molecular complexity index is 1260. The third-order valence-electron chi connectivity index (χ3n) is 6.48. The highest BCUT2D eigenvalue weighted by Crippen LogP contribution is 2.30. The van der Waals surface area contributed by atoms with Gasteiger partial charge in [-0.1, -0.05) is 42.0 Å².